The molecule has 4 N–H and O–H groups in total. The molecule has 4 aromatic carbocycles. The van der Waals surface area contributed by atoms with Crippen LogP contribution in [0, 0.1) is 0 Å². The largest absolute Gasteiger partial charge is 0.368 e. The van der Waals surface area contributed by atoms with Crippen LogP contribution in [0.2, 0.25) is 0 Å². The number of H-pyrrole nitrogens is 1. The Labute approximate surface area is 192 Å². The number of fused-ring (bicyclic) bond motifs is 1. The molecule has 0 bridgehead atoms. The number of nitrogens with zero attached hydrogens (tertiary/aromatic N) is 1. The Morgan fingerprint density at radius 1 is 0.788 bits per heavy atom. The Morgan fingerprint density at radius 2 is 1.30 bits per heavy atom. The number of nitrogens with two attached hydrogens (primary N) is 1. The monoisotopic (exact) mass is 432 g/mol. The van der Waals surface area contributed by atoms with Crippen molar-refractivity contribution in [3.8, 4) is 0 Å². The summed E-state index contributed by atoms with van der Waals surface area (Å²) in [6.45, 7) is 0. The minimum atomic E-state index is -0.811. The standard InChI is InChI=1S/C28H24N4O/c29-27(33)26(20-16-17-25-21(18-20)19-30-32-25)31-28(22-10-4-1-5-11-22,23-12-6-2-7-13-23)24-14-8-3-9-15-24/h1-19,26,31H,(H2,29,33)(H,30,32). The lowest BCUT2D eigenvalue weighted by atomic mass is 9.76. The number of carbonyl (C=O) groups excluding carboxylic acids is 1. The highest BCUT2D eigenvalue weighted by Gasteiger charge is 2.39. The van der Waals surface area contributed by atoms with Gasteiger partial charge in [0.25, 0.3) is 0 Å². The van der Waals surface area contributed by atoms with E-state index < -0.39 is 17.5 Å². The van der Waals surface area contributed by atoms with Crippen LogP contribution in [0.25, 0.3) is 10.9 Å². The van der Waals surface area contributed by atoms with E-state index in [-0.39, 0.29) is 0 Å². The van der Waals surface area contributed by atoms with Gasteiger partial charge in [0.15, 0.2) is 0 Å². The summed E-state index contributed by atoms with van der Waals surface area (Å²) in [5.74, 6) is -0.454. The molecule has 1 unspecified atom stereocenters. The first-order valence-corrected chi connectivity index (χ1v) is 10.8. The van der Waals surface area contributed by atoms with Crippen molar-refractivity contribution < 1.29 is 4.79 Å². The molecular weight excluding hydrogens is 408 g/mol. The van der Waals surface area contributed by atoms with Crippen molar-refractivity contribution in [2.24, 2.45) is 5.73 Å². The van der Waals surface area contributed by atoms with Crippen molar-refractivity contribution in [2.75, 3.05) is 0 Å². The third-order valence-corrected chi connectivity index (χ3v) is 6.06. The van der Waals surface area contributed by atoms with Crippen LogP contribution in [0.5, 0.6) is 0 Å². The molecule has 1 amide bonds. The summed E-state index contributed by atoms with van der Waals surface area (Å²) in [4.78, 5) is 12.9. The Morgan fingerprint density at radius 3 is 1.79 bits per heavy atom. The Kier molecular flexibility index (Phi) is 5.47. The smallest absolute Gasteiger partial charge is 0.239 e. The lowest BCUT2D eigenvalue weighted by Gasteiger charge is -2.39. The highest BCUT2D eigenvalue weighted by molar-refractivity contribution is 5.85. The van der Waals surface area contributed by atoms with E-state index in [9.17, 15) is 4.79 Å². The van der Waals surface area contributed by atoms with Gasteiger partial charge in [0.05, 0.1) is 17.3 Å². The number of amides is 1. The van der Waals surface area contributed by atoms with Crippen LogP contribution in [-0.2, 0) is 10.3 Å². The highest BCUT2D eigenvalue weighted by Crippen LogP contribution is 2.39. The fourth-order valence-electron chi connectivity index (χ4n) is 4.49. The Bertz CT molecular complexity index is 1270. The number of primary amides is 1. The lowest BCUT2D eigenvalue weighted by Crippen LogP contribution is -2.49. The minimum Gasteiger partial charge on any atom is -0.368 e. The van der Waals surface area contributed by atoms with Crippen LogP contribution < -0.4 is 11.1 Å². The van der Waals surface area contributed by atoms with Gasteiger partial charge in [-0.25, -0.2) is 0 Å². The number of nitrogens with one attached hydrogen (secondary N) is 2. The molecule has 33 heavy (non-hydrogen) atoms. The molecule has 0 radical (unpaired) electrons. The van der Waals surface area contributed by atoms with Gasteiger partial charge in [0, 0.05) is 5.39 Å². The van der Waals surface area contributed by atoms with Gasteiger partial charge in [0.1, 0.15) is 6.04 Å². The topological polar surface area (TPSA) is 83.8 Å². The first-order chi connectivity index (χ1) is 16.2. The number of aromatic nitrogens is 2. The number of benzene rings is 4. The molecule has 0 fully saturated rings. The van der Waals surface area contributed by atoms with E-state index in [0.717, 1.165) is 33.2 Å². The summed E-state index contributed by atoms with van der Waals surface area (Å²) in [5, 5.41) is 11.7. The predicted molar refractivity (Wildman–Crippen MR) is 130 cm³/mol. The third-order valence-electron chi connectivity index (χ3n) is 6.06. The average molecular weight is 433 g/mol. The molecular formula is C28H24N4O. The molecule has 0 aliphatic carbocycles. The van der Waals surface area contributed by atoms with Crippen molar-refractivity contribution in [2.45, 2.75) is 11.6 Å². The molecule has 0 aliphatic heterocycles. The van der Waals surface area contributed by atoms with E-state index in [0.29, 0.717) is 0 Å². The SMILES string of the molecule is NC(=O)C(NC(c1ccccc1)(c1ccccc1)c1ccccc1)c1ccc2[nH]ncc2c1. The van der Waals surface area contributed by atoms with Gasteiger partial charge in [-0.2, -0.15) is 5.10 Å². The molecule has 1 atom stereocenters. The van der Waals surface area contributed by atoms with Crippen molar-refractivity contribution in [3.05, 3.63) is 138 Å². The predicted octanol–water partition coefficient (Wildman–Crippen LogP) is 4.67. The average Bonchev–Trinajstić information content (AvgIpc) is 3.34. The number of rotatable bonds is 7. The second-order valence-electron chi connectivity index (χ2n) is 8.04. The molecule has 0 saturated heterocycles. The van der Waals surface area contributed by atoms with Gasteiger partial charge in [-0.1, -0.05) is 97.1 Å². The normalized spacial score (nSPS) is 12.5. The molecule has 1 heterocycles. The van der Waals surface area contributed by atoms with Gasteiger partial charge >= 0.3 is 0 Å². The summed E-state index contributed by atoms with van der Waals surface area (Å²) < 4.78 is 0. The number of aromatic amines is 1. The first-order valence-electron chi connectivity index (χ1n) is 10.8. The van der Waals surface area contributed by atoms with Gasteiger partial charge in [-0.3, -0.25) is 15.2 Å². The second-order valence-corrected chi connectivity index (χ2v) is 8.04. The summed E-state index contributed by atoms with van der Waals surface area (Å²) >= 11 is 0. The Hall–Kier alpha value is -4.22. The zero-order valence-electron chi connectivity index (χ0n) is 18.0. The fraction of sp³-hybridized carbons (Fsp3) is 0.0714. The van der Waals surface area contributed by atoms with Gasteiger partial charge < -0.3 is 5.73 Å². The van der Waals surface area contributed by atoms with Gasteiger partial charge in [-0.05, 0) is 34.4 Å². The summed E-state index contributed by atoms with van der Waals surface area (Å²) in [5.41, 5.74) is 9.92. The van der Waals surface area contributed by atoms with Crippen molar-refractivity contribution in [1.82, 2.24) is 15.5 Å². The maximum absolute atomic E-state index is 12.9. The molecule has 162 valence electrons. The quantitative estimate of drug-likeness (QED) is 0.327. The minimum absolute atomic E-state index is 0.454. The maximum Gasteiger partial charge on any atom is 0.239 e. The molecule has 5 nitrogen and oxygen atoms in total. The Balaban J connectivity index is 1.75. The first kappa shape index (κ1) is 20.7. The van der Waals surface area contributed by atoms with Crippen LogP contribution >= 0.6 is 0 Å². The van der Waals surface area contributed by atoms with Crippen LogP contribution in [0.3, 0.4) is 0 Å². The lowest BCUT2D eigenvalue weighted by molar-refractivity contribution is -0.120. The molecule has 1 aromatic heterocycles. The van der Waals surface area contributed by atoms with Gasteiger partial charge in [-0.15, -0.1) is 0 Å². The van der Waals surface area contributed by atoms with Crippen molar-refractivity contribution >= 4 is 16.8 Å². The van der Waals surface area contributed by atoms with Crippen molar-refractivity contribution in [3.63, 3.8) is 0 Å². The third kappa shape index (κ3) is 3.79. The number of hydrogen-bond donors (Lipinski definition) is 3. The highest BCUT2D eigenvalue weighted by atomic mass is 16.1. The van der Waals surface area contributed by atoms with E-state index in [1.54, 1.807) is 6.20 Å². The van der Waals surface area contributed by atoms with E-state index in [1.165, 1.54) is 0 Å². The molecule has 5 rings (SSSR count). The summed E-state index contributed by atoms with van der Waals surface area (Å²) in [6.07, 6.45) is 1.75. The fourth-order valence-corrected chi connectivity index (χ4v) is 4.49. The van der Waals surface area contributed by atoms with Gasteiger partial charge in [0.2, 0.25) is 5.91 Å². The molecule has 0 spiro atoms. The van der Waals surface area contributed by atoms with Crippen molar-refractivity contribution in [1.29, 1.82) is 0 Å². The molecule has 0 aliphatic rings. The number of hydrogen-bond acceptors (Lipinski definition) is 3. The zero-order chi connectivity index (χ0) is 22.7. The van der Waals surface area contributed by atoms with E-state index >= 15 is 0 Å². The molecule has 5 aromatic rings. The van der Waals surface area contributed by atoms with Crippen LogP contribution in [0.1, 0.15) is 28.3 Å². The van der Waals surface area contributed by atoms with E-state index in [1.807, 2.05) is 72.8 Å². The number of carbonyl (C=O) groups is 1. The second kappa shape index (κ2) is 8.73. The zero-order valence-corrected chi connectivity index (χ0v) is 18.0. The summed E-state index contributed by atoms with van der Waals surface area (Å²) in [6, 6.07) is 35.5. The molecule has 0 saturated carbocycles. The summed E-state index contributed by atoms with van der Waals surface area (Å²) in [7, 11) is 0. The maximum atomic E-state index is 12.9. The molecule has 5 heteroatoms. The van der Waals surface area contributed by atoms with Crippen LogP contribution in [0.15, 0.2) is 115 Å². The van der Waals surface area contributed by atoms with Crippen LogP contribution in [-0.4, -0.2) is 16.1 Å². The van der Waals surface area contributed by atoms with Crippen LogP contribution in [0.4, 0.5) is 0 Å². The van der Waals surface area contributed by atoms with E-state index in [2.05, 4.69) is 51.9 Å². The van der Waals surface area contributed by atoms with E-state index in [4.69, 9.17) is 5.73 Å².